The number of methoxy groups -OCH3 is 1. The average molecular weight is 597 g/mol. The van der Waals surface area contributed by atoms with Gasteiger partial charge in [-0.25, -0.2) is 0 Å². The van der Waals surface area contributed by atoms with Crippen LogP contribution in [-0.2, 0) is 4.79 Å². The van der Waals surface area contributed by atoms with Gasteiger partial charge in [0.1, 0.15) is 5.75 Å². The van der Waals surface area contributed by atoms with E-state index in [2.05, 4.69) is 88.0 Å². The topological polar surface area (TPSA) is 74.7 Å². The minimum absolute atomic E-state index is 0.105. The van der Waals surface area contributed by atoms with Crippen LogP contribution in [0.2, 0.25) is 0 Å². The van der Waals surface area contributed by atoms with Gasteiger partial charge in [-0.2, -0.15) is 0 Å². The summed E-state index contributed by atoms with van der Waals surface area (Å²) in [4.78, 5) is 22.2. The predicted octanol–water partition coefficient (Wildman–Crippen LogP) is 6.35. The van der Waals surface area contributed by atoms with E-state index >= 15 is 0 Å². The molecular formula is C34H40N6O2S. The summed E-state index contributed by atoms with van der Waals surface area (Å²) in [6.07, 6.45) is 2.07. The van der Waals surface area contributed by atoms with Crippen molar-refractivity contribution < 1.29 is 9.53 Å². The van der Waals surface area contributed by atoms with E-state index in [1.807, 2.05) is 42.5 Å². The first kappa shape index (κ1) is 30.1. The van der Waals surface area contributed by atoms with Crippen molar-refractivity contribution in [2.75, 3.05) is 37.0 Å². The van der Waals surface area contributed by atoms with E-state index in [-0.39, 0.29) is 24.4 Å². The standard InChI is InChI=1S/C34H40N6O2S/c1-6-38(7-2)25-15-17-26(18-16-25)40-23(3)22-27(24(40)4)33-32(29-13-10-11-20-35-29)37-34(43)39(33)21-19-31(41)36-28-12-8-9-14-30(28)42-5/h8-18,20,22,32-33H,6-7,19,21H2,1-5H3,(H,36,41)(H,37,43)/t32-,33+/m0/s1. The molecule has 1 aliphatic rings. The first-order valence-electron chi connectivity index (χ1n) is 14.8. The highest BCUT2D eigenvalue weighted by molar-refractivity contribution is 7.80. The first-order valence-corrected chi connectivity index (χ1v) is 15.2. The van der Waals surface area contributed by atoms with Crippen molar-refractivity contribution in [3.8, 4) is 11.4 Å². The van der Waals surface area contributed by atoms with E-state index in [0.717, 1.165) is 41.4 Å². The molecule has 9 heteroatoms. The molecule has 8 nitrogen and oxygen atoms in total. The number of benzene rings is 2. The summed E-state index contributed by atoms with van der Waals surface area (Å²) in [6, 6.07) is 24.0. The van der Waals surface area contributed by atoms with Crippen LogP contribution in [-0.4, -0.2) is 52.2 Å². The summed E-state index contributed by atoms with van der Waals surface area (Å²) in [5.41, 5.74) is 7.30. The van der Waals surface area contributed by atoms with E-state index < -0.39 is 0 Å². The maximum Gasteiger partial charge on any atom is 0.226 e. The van der Waals surface area contributed by atoms with Crippen molar-refractivity contribution in [1.29, 1.82) is 0 Å². The Labute approximate surface area is 259 Å². The van der Waals surface area contributed by atoms with Gasteiger partial charge < -0.3 is 29.7 Å². The number of hydrogen-bond donors (Lipinski definition) is 2. The molecule has 1 saturated heterocycles. The second kappa shape index (κ2) is 13.3. The quantitative estimate of drug-likeness (QED) is 0.196. The predicted molar refractivity (Wildman–Crippen MR) is 177 cm³/mol. The average Bonchev–Trinajstić information content (AvgIpc) is 3.51. The Hall–Kier alpha value is -4.37. The van der Waals surface area contributed by atoms with E-state index in [9.17, 15) is 4.79 Å². The Morgan fingerprint density at radius 1 is 1.05 bits per heavy atom. The van der Waals surface area contributed by atoms with Gasteiger partial charge in [-0.15, -0.1) is 0 Å². The molecule has 1 fully saturated rings. The van der Waals surface area contributed by atoms with Crippen LogP contribution in [0.25, 0.3) is 5.69 Å². The van der Waals surface area contributed by atoms with Gasteiger partial charge in [-0.1, -0.05) is 18.2 Å². The number of carbonyl (C=O) groups is 1. The summed E-state index contributed by atoms with van der Waals surface area (Å²) in [5, 5.41) is 7.12. The smallest absolute Gasteiger partial charge is 0.226 e. The minimum atomic E-state index is -0.162. The number of hydrogen-bond acceptors (Lipinski definition) is 5. The van der Waals surface area contributed by atoms with Gasteiger partial charge >= 0.3 is 0 Å². The SMILES string of the molecule is CCN(CC)c1ccc(-n2c(C)cc([C@@H]3[C@H](c4ccccn4)NC(=S)N3CCC(=O)Nc3ccccc3OC)c2C)cc1. The largest absolute Gasteiger partial charge is 0.495 e. The summed E-state index contributed by atoms with van der Waals surface area (Å²) >= 11 is 5.88. The van der Waals surface area contributed by atoms with Crippen molar-refractivity contribution >= 4 is 34.6 Å². The van der Waals surface area contributed by atoms with Gasteiger partial charge in [0.05, 0.1) is 30.6 Å². The lowest BCUT2D eigenvalue weighted by Gasteiger charge is -2.28. The maximum absolute atomic E-state index is 13.1. The van der Waals surface area contributed by atoms with Crippen LogP contribution in [0, 0.1) is 13.8 Å². The van der Waals surface area contributed by atoms with Gasteiger partial charge in [0, 0.05) is 55.0 Å². The third kappa shape index (κ3) is 6.22. The maximum atomic E-state index is 13.1. The molecule has 5 rings (SSSR count). The fourth-order valence-corrected chi connectivity index (χ4v) is 6.38. The number of carbonyl (C=O) groups excluding carboxylic acids is 1. The molecule has 2 aromatic heterocycles. The number of amides is 1. The number of pyridine rings is 1. The van der Waals surface area contributed by atoms with Gasteiger partial charge in [-0.05, 0) is 100 Å². The molecule has 0 unspecified atom stereocenters. The summed E-state index contributed by atoms with van der Waals surface area (Å²) in [7, 11) is 1.59. The fourth-order valence-electron chi connectivity index (χ4n) is 6.05. The number of nitrogens with one attached hydrogen (secondary N) is 2. The molecule has 43 heavy (non-hydrogen) atoms. The number of rotatable bonds is 11. The van der Waals surface area contributed by atoms with Crippen LogP contribution in [0.1, 0.15) is 55.0 Å². The molecule has 224 valence electrons. The van der Waals surface area contributed by atoms with Crippen molar-refractivity contribution in [3.63, 3.8) is 0 Å². The molecule has 0 aliphatic carbocycles. The van der Waals surface area contributed by atoms with E-state index in [1.54, 1.807) is 13.3 Å². The second-order valence-electron chi connectivity index (χ2n) is 10.7. The van der Waals surface area contributed by atoms with Crippen LogP contribution in [0.4, 0.5) is 11.4 Å². The molecule has 1 aliphatic heterocycles. The van der Waals surface area contributed by atoms with E-state index in [4.69, 9.17) is 17.0 Å². The molecule has 3 heterocycles. The molecule has 1 amide bonds. The number of para-hydroxylation sites is 2. The molecule has 0 spiro atoms. The lowest BCUT2D eigenvalue weighted by Crippen LogP contribution is -2.33. The zero-order valence-corrected chi connectivity index (χ0v) is 26.3. The monoisotopic (exact) mass is 596 g/mol. The molecular weight excluding hydrogens is 556 g/mol. The zero-order chi connectivity index (χ0) is 30.5. The van der Waals surface area contributed by atoms with Crippen LogP contribution in [0.3, 0.4) is 0 Å². The lowest BCUT2D eigenvalue weighted by molar-refractivity contribution is -0.116. The van der Waals surface area contributed by atoms with Crippen molar-refractivity contribution in [3.05, 3.63) is 102 Å². The molecule has 0 radical (unpaired) electrons. The Balaban J connectivity index is 1.45. The highest BCUT2D eigenvalue weighted by Gasteiger charge is 2.41. The Morgan fingerprint density at radius 2 is 1.77 bits per heavy atom. The zero-order valence-electron chi connectivity index (χ0n) is 25.5. The lowest BCUT2D eigenvalue weighted by atomic mass is 9.96. The molecule has 2 N–H and O–H groups in total. The number of nitrogens with zero attached hydrogens (tertiary/aromatic N) is 4. The third-order valence-corrected chi connectivity index (χ3v) is 8.54. The van der Waals surface area contributed by atoms with E-state index in [0.29, 0.717) is 23.1 Å². The summed E-state index contributed by atoms with van der Waals surface area (Å²) < 4.78 is 7.70. The normalized spacial score (nSPS) is 16.2. The Bertz CT molecular complexity index is 1570. The van der Waals surface area contributed by atoms with Crippen molar-refractivity contribution in [1.82, 2.24) is 19.8 Å². The number of ether oxygens (including phenoxy) is 1. The third-order valence-electron chi connectivity index (χ3n) is 8.18. The number of aromatic nitrogens is 2. The number of thiocarbonyl (C=S) groups is 1. The van der Waals surface area contributed by atoms with Gasteiger partial charge in [0.2, 0.25) is 5.91 Å². The van der Waals surface area contributed by atoms with Crippen molar-refractivity contribution in [2.24, 2.45) is 0 Å². The summed E-state index contributed by atoms with van der Waals surface area (Å²) in [5.74, 6) is 0.519. The molecule has 0 bridgehead atoms. The first-order chi connectivity index (χ1) is 20.9. The van der Waals surface area contributed by atoms with Crippen molar-refractivity contribution in [2.45, 2.75) is 46.2 Å². The highest BCUT2D eigenvalue weighted by Crippen LogP contribution is 2.41. The Kier molecular flexibility index (Phi) is 9.31. The highest BCUT2D eigenvalue weighted by atomic mass is 32.1. The second-order valence-corrected chi connectivity index (χ2v) is 11.1. The fraction of sp³-hybridized carbons (Fsp3) is 0.324. The van der Waals surface area contributed by atoms with Crippen LogP contribution in [0.5, 0.6) is 5.75 Å². The van der Waals surface area contributed by atoms with Crippen LogP contribution < -0.4 is 20.3 Å². The molecule has 0 saturated carbocycles. The minimum Gasteiger partial charge on any atom is -0.495 e. The molecule has 2 atom stereocenters. The van der Waals surface area contributed by atoms with E-state index in [1.165, 1.54) is 5.69 Å². The molecule has 4 aromatic rings. The van der Waals surface area contributed by atoms with Gasteiger partial charge in [0.25, 0.3) is 0 Å². The van der Waals surface area contributed by atoms with Gasteiger partial charge in [0.15, 0.2) is 5.11 Å². The Morgan fingerprint density at radius 3 is 2.44 bits per heavy atom. The molecule has 2 aromatic carbocycles. The number of anilines is 2. The van der Waals surface area contributed by atoms with Gasteiger partial charge in [-0.3, -0.25) is 9.78 Å². The summed E-state index contributed by atoms with van der Waals surface area (Å²) in [6.45, 7) is 11.0. The van der Waals surface area contributed by atoms with Crippen LogP contribution >= 0.6 is 12.2 Å². The number of aryl methyl sites for hydroxylation is 1. The van der Waals surface area contributed by atoms with Crippen LogP contribution in [0.15, 0.2) is 79.0 Å².